The third-order valence-corrected chi connectivity index (χ3v) is 4.25. The van der Waals surface area contributed by atoms with Gasteiger partial charge in [-0.2, -0.15) is 5.26 Å². The zero-order chi connectivity index (χ0) is 20.5. The highest BCUT2D eigenvalue weighted by Crippen LogP contribution is 2.21. The molecular weight excluding hydrogens is 362 g/mol. The molecule has 3 aromatic rings. The van der Waals surface area contributed by atoms with Gasteiger partial charge in [0, 0.05) is 42.9 Å². The van der Waals surface area contributed by atoms with Crippen LogP contribution in [-0.2, 0) is 11.2 Å². The molecule has 2 aromatic heterocycles. The molecule has 2 atom stereocenters. The van der Waals surface area contributed by atoms with Gasteiger partial charge in [-0.15, -0.1) is 0 Å². The number of carbonyl (C=O) groups excluding carboxylic acids is 1. The van der Waals surface area contributed by atoms with Gasteiger partial charge < -0.3 is 14.7 Å². The molecule has 0 bridgehead atoms. The van der Waals surface area contributed by atoms with Crippen molar-refractivity contribution in [3.05, 3.63) is 59.9 Å². The molecule has 0 aliphatic heterocycles. The lowest BCUT2D eigenvalue weighted by Crippen LogP contribution is -2.23. The van der Waals surface area contributed by atoms with Crippen molar-refractivity contribution in [1.29, 1.82) is 5.26 Å². The lowest BCUT2D eigenvalue weighted by atomic mass is 10.1. The first-order chi connectivity index (χ1) is 13.6. The molecule has 146 valence electrons. The normalized spacial score (nSPS) is 12.6. The number of pyridine rings is 1. The summed E-state index contributed by atoms with van der Waals surface area (Å²) in [5, 5.41) is 12.5. The summed E-state index contributed by atoms with van der Waals surface area (Å²) in [7, 11) is 1.65. The summed E-state index contributed by atoms with van der Waals surface area (Å²) in [6.45, 7) is 2.16. The summed E-state index contributed by atoms with van der Waals surface area (Å²) < 4.78 is 29.5. The highest BCUT2D eigenvalue weighted by Gasteiger charge is 2.16. The predicted octanol–water partition coefficient (Wildman–Crippen LogP) is 3.54. The number of hydrogen-bond acceptors (Lipinski definition) is 4. The lowest BCUT2D eigenvalue weighted by Gasteiger charge is -2.12. The molecule has 0 fully saturated rings. The highest BCUT2D eigenvalue weighted by atomic mass is 19.1. The Morgan fingerprint density at radius 3 is 2.57 bits per heavy atom. The van der Waals surface area contributed by atoms with Gasteiger partial charge >= 0.3 is 0 Å². The van der Waals surface area contributed by atoms with Crippen LogP contribution in [0.2, 0.25) is 0 Å². The second-order valence-electron chi connectivity index (χ2n) is 6.29. The Hall–Kier alpha value is -3.11. The molecule has 0 amide bonds. The number of fused-ring (bicyclic) bond motifs is 1. The number of nitrogens with one attached hydrogen (secondary N) is 1. The Bertz CT molecular complexity index is 934. The number of aromatic nitrogens is 2. The maximum atomic E-state index is 14.1. The van der Waals surface area contributed by atoms with Crippen molar-refractivity contribution in [2.75, 3.05) is 13.6 Å². The van der Waals surface area contributed by atoms with E-state index in [2.05, 4.69) is 16.4 Å². The molecule has 5 nitrogen and oxygen atoms in total. The fourth-order valence-corrected chi connectivity index (χ4v) is 3.01. The van der Waals surface area contributed by atoms with Gasteiger partial charge in [0.15, 0.2) is 0 Å². The summed E-state index contributed by atoms with van der Waals surface area (Å²) in [6.07, 6.45) is 1.13. The van der Waals surface area contributed by atoms with E-state index in [0.717, 1.165) is 22.3 Å². The SMILES string of the molecule is C=O.CNCC(F)CC(F)Cc1cnc2c(ccn2-c2ccc(C#N)cc2)c1. The summed E-state index contributed by atoms with van der Waals surface area (Å²) >= 11 is 0. The molecule has 2 unspecified atom stereocenters. The molecule has 0 aliphatic carbocycles. The van der Waals surface area contributed by atoms with Gasteiger partial charge in [-0.05, 0) is 49.0 Å². The predicted molar refractivity (Wildman–Crippen MR) is 105 cm³/mol. The van der Waals surface area contributed by atoms with Crippen molar-refractivity contribution in [1.82, 2.24) is 14.9 Å². The molecule has 2 heterocycles. The number of nitrogens with zero attached hydrogens (tertiary/aromatic N) is 3. The second-order valence-corrected chi connectivity index (χ2v) is 6.29. The van der Waals surface area contributed by atoms with Gasteiger partial charge in [-0.25, -0.2) is 13.8 Å². The van der Waals surface area contributed by atoms with E-state index in [1.54, 1.807) is 25.4 Å². The van der Waals surface area contributed by atoms with Crippen LogP contribution in [0.3, 0.4) is 0 Å². The van der Waals surface area contributed by atoms with Crippen LogP contribution in [0.1, 0.15) is 17.5 Å². The molecule has 0 spiro atoms. The molecule has 0 aliphatic rings. The Morgan fingerprint density at radius 1 is 1.21 bits per heavy atom. The number of carbonyl (C=O) groups is 1. The molecule has 28 heavy (non-hydrogen) atoms. The van der Waals surface area contributed by atoms with Crippen LogP contribution in [0.15, 0.2) is 48.8 Å². The average molecular weight is 384 g/mol. The number of halogens is 2. The van der Waals surface area contributed by atoms with Gasteiger partial charge in [0.05, 0.1) is 11.6 Å². The van der Waals surface area contributed by atoms with Crippen molar-refractivity contribution < 1.29 is 13.6 Å². The van der Waals surface area contributed by atoms with E-state index in [1.165, 1.54) is 0 Å². The zero-order valence-electron chi connectivity index (χ0n) is 15.6. The van der Waals surface area contributed by atoms with E-state index in [0.29, 0.717) is 5.56 Å². The van der Waals surface area contributed by atoms with Crippen LogP contribution < -0.4 is 5.32 Å². The summed E-state index contributed by atoms with van der Waals surface area (Å²) in [6, 6.07) is 13.1. The molecule has 7 heteroatoms. The van der Waals surface area contributed by atoms with E-state index in [-0.39, 0.29) is 19.4 Å². The van der Waals surface area contributed by atoms with Gasteiger partial charge in [-0.3, -0.25) is 0 Å². The monoisotopic (exact) mass is 384 g/mol. The summed E-state index contributed by atoms with van der Waals surface area (Å²) in [5.41, 5.74) is 3.00. The maximum absolute atomic E-state index is 14.1. The maximum Gasteiger partial charge on any atom is 0.144 e. The average Bonchev–Trinajstić information content (AvgIpc) is 3.13. The Kier molecular flexibility index (Phi) is 7.78. The second kappa shape index (κ2) is 10.3. The van der Waals surface area contributed by atoms with Crippen LogP contribution in [0.25, 0.3) is 16.7 Å². The van der Waals surface area contributed by atoms with Crippen LogP contribution in [-0.4, -0.2) is 42.3 Å². The van der Waals surface area contributed by atoms with Crippen molar-refractivity contribution >= 4 is 17.8 Å². The molecular formula is C21H22F2N4O. The third kappa shape index (κ3) is 5.21. The van der Waals surface area contributed by atoms with Gasteiger partial charge in [-0.1, -0.05) is 0 Å². The first-order valence-corrected chi connectivity index (χ1v) is 8.79. The number of nitriles is 1. The first-order valence-electron chi connectivity index (χ1n) is 8.79. The minimum atomic E-state index is -1.24. The van der Waals surface area contributed by atoms with Crippen molar-refractivity contribution in [2.45, 2.75) is 25.2 Å². The van der Waals surface area contributed by atoms with Crippen molar-refractivity contribution in [3.63, 3.8) is 0 Å². The van der Waals surface area contributed by atoms with E-state index >= 15 is 0 Å². The highest BCUT2D eigenvalue weighted by molar-refractivity contribution is 5.78. The minimum absolute atomic E-state index is 0.120. The van der Waals surface area contributed by atoms with Crippen LogP contribution in [0.4, 0.5) is 8.78 Å². The standard InChI is InChI=1S/C20H20F2N4.CH2O/c1-24-13-18(22)10-17(21)9-15-8-16-6-7-26(20(16)25-12-15)19-4-2-14(11-23)3-5-19;1-2/h2-8,12,17-18,24H,9-10,13H2,1H3;1H2. The quantitative estimate of drug-likeness (QED) is 0.676. The third-order valence-electron chi connectivity index (χ3n) is 4.25. The largest absolute Gasteiger partial charge is 0.317 e. The number of hydrogen-bond donors (Lipinski definition) is 1. The van der Waals surface area contributed by atoms with Gasteiger partial charge in [0.25, 0.3) is 0 Å². The summed E-state index contributed by atoms with van der Waals surface area (Å²) in [5.74, 6) is 0. The van der Waals surface area contributed by atoms with Gasteiger partial charge in [0.1, 0.15) is 24.8 Å². The Balaban J connectivity index is 0.00000136. The Labute approximate surface area is 162 Å². The summed E-state index contributed by atoms with van der Waals surface area (Å²) in [4.78, 5) is 12.5. The van der Waals surface area contributed by atoms with Crippen LogP contribution in [0.5, 0.6) is 0 Å². The lowest BCUT2D eigenvalue weighted by molar-refractivity contribution is -0.0979. The first kappa shape index (κ1) is 21.2. The van der Waals surface area contributed by atoms with E-state index in [4.69, 9.17) is 10.1 Å². The molecule has 0 radical (unpaired) electrons. The van der Waals surface area contributed by atoms with Crippen LogP contribution in [0, 0.1) is 11.3 Å². The number of alkyl halides is 2. The fourth-order valence-electron chi connectivity index (χ4n) is 3.01. The zero-order valence-corrected chi connectivity index (χ0v) is 15.6. The number of benzene rings is 1. The molecule has 1 aromatic carbocycles. The van der Waals surface area contributed by atoms with E-state index in [9.17, 15) is 8.78 Å². The number of rotatable bonds is 7. The smallest absolute Gasteiger partial charge is 0.144 e. The molecule has 0 saturated heterocycles. The van der Waals surface area contributed by atoms with E-state index in [1.807, 2.05) is 41.8 Å². The van der Waals surface area contributed by atoms with Gasteiger partial charge in [0.2, 0.25) is 0 Å². The molecule has 1 N–H and O–H groups in total. The molecule has 0 saturated carbocycles. The topological polar surface area (TPSA) is 70.7 Å². The Morgan fingerprint density at radius 2 is 1.93 bits per heavy atom. The van der Waals surface area contributed by atoms with Crippen molar-refractivity contribution in [2.24, 2.45) is 0 Å². The molecule has 3 rings (SSSR count). The van der Waals surface area contributed by atoms with Crippen molar-refractivity contribution in [3.8, 4) is 11.8 Å². The van der Waals surface area contributed by atoms with Crippen LogP contribution >= 0.6 is 0 Å². The fraction of sp³-hybridized carbons (Fsp3) is 0.286. The minimum Gasteiger partial charge on any atom is -0.317 e. The van der Waals surface area contributed by atoms with E-state index < -0.39 is 12.3 Å².